The highest BCUT2D eigenvalue weighted by Gasteiger charge is 2.09. The van der Waals surface area contributed by atoms with Crippen molar-refractivity contribution in [2.45, 2.75) is 0 Å². The van der Waals surface area contributed by atoms with Crippen molar-refractivity contribution < 1.29 is 4.39 Å². The molecule has 1 N–H and O–H groups in total. The van der Waals surface area contributed by atoms with Gasteiger partial charge >= 0.3 is 0 Å². The molecule has 0 amide bonds. The SMILES string of the molecule is Fc1cccc(-c2nnc(-c3ccc4[nH]ccc4c3)s2)c1. The van der Waals surface area contributed by atoms with E-state index in [4.69, 9.17) is 0 Å². The van der Waals surface area contributed by atoms with E-state index in [1.54, 1.807) is 6.07 Å². The van der Waals surface area contributed by atoms with Gasteiger partial charge in [0.2, 0.25) is 0 Å². The molecular weight excluding hydrogens is 285 g/mol. The summed E-state index contributed by atoms with van der Waals surface area (Å²) < 4.78 is 13.3. The standard InChI is InChI=1S/C16H10FN3S/c17-13-3-1-2-11(9-13)15-19-20-16(21-15)12-4-5-14-10(8-12)6-7-18-14/h1-9,18H. The summed E-state index contributed by atoms with van der Waals surface area (Å²) in [5, 5.41) is 11.1. The minimum Gasteiger partial charge on any atom is -0.361 e. The van der Waals surface area contributed by atoms with Crippen LogP contribution < -0.4 is 0 Å². The Labute approximate surface area is 124 Å². The highest BCUT2D eigenvalue weighted by Crippen LogP contribution is 2.31. The Bertz CT molecular complexity index is 926. The Morgan fingerprint density at radius 3 is 2.52 bits per heavy atom. The first-order chi connectivity index (χ1) is 10.3. The maximum absolute atomic E-state index is 13.3. The summed E-state index contributed by atoms with van der Waals surface area (Å²) in [6.07, 6.45) is 1.91. The molecule has 3 nitrogen and oxygen atoms in total. The molecule has 102 valence electrons. The summed E-state index contributed by atoms with van der Waals surface area (Å²) in [5.74, 6) is -0.266. The van der Waals surface area contributed by atoms with Gasteiger partial charge in [0.25, 0.3) is 0 Å². The maximum atomic E-state index is 13.3. The minimum atomic E-state index is -0.266. The molecule has 21 heavy (non-hydrogen) atoms. The second-order valence-corrected chi connectivity index (χ2v) is 5.68. The normalized spacial score (nSPS) is 11.1. The quantitative estimate of drug-likeness (QED) is 0.592. The summed E-state index contributed by atoms with van der Waals surface area (Å²) in [6, 6.07) is 14.5. The van der Waals surface area contributed by atoms with Crippen molar-refractivity contribution >= 4 is 22.2 Å². The largest absolute Gasteiger partial charge is 0.361 e. The fraction of sp³-hybridized carbons (Fsp3) is 0. The third-order valence-corrected chi connectivity index (χ3v) is 4.32. The van der Waals surface area contributed by atoms with Crippen LogP contribution in [0.25, 0.3) is 32.0 Å². The van der Waals surface area contributed by atoms with E-state index in [-0.39, 0.29) is 5.82 Å². The molecule has 4 aromatic rings. The van der Waals surface area contributed by atoms with Gasteiger partial charge in [-0.25, -0.2) is 4.39 Å². The molecule has 0 atom stereocenters. The molecule has 0 fully saturated rings. The first-order valence-corrected chi connectivity index (χ1v) is 7.28. The van der Waals surface area contributed by atoms with Crippen LogP contribution in [0, 0.1) is 5.82 Å². The van der Waals surface area contributed by atoms with Crippen molar-refractivity contribution in [1.82, 2.24) is 15.2 Å². The maximum Gasteiger partial charge on any atom is 0.148 e. The van der Waals surface area contributed by atoms with Crippen LogP contribution in [-0.2, 0) is 0 Å². The zero-order chi connectivity index (χ0) is 14.2. The average molecular weight is 295 g/mol. The summed E-state index contributed by atoms with van der Waals surface area (Å²) in [5.41, 5.74) is 2.86. The van der Waals surface area contributed by atoms with E-state index in [0.717, 1.165) is 32.0 Å². The van der Waals surface area contributed by atoms with Crippen LogP contribution in [0.5, 0.6) is 0 Å². The molecule has 2 aromatic carbocycles. The molecule has 0 radical (unpaired) electrons. The van der Waals surface area contributed by atoms with Crippen molar-refractivity contribution in [2.24, 2.45) is 0 Å². The number of benzene rings is 2. The highest BCUT2D eigenvalue weighted by atomic mass is 32.1. The molecule has 0 saturated carbocycles. The van der Waals surface area contributed by atoms with E-state index in [9.17, 15) is 4.39 Å². The predicted molar refractivity (Wildman–Crippen MR) is 82.6 cm³/mol. The minimum absolute atomic E-state index is 0.266. The van der Waals surface area contributed by atoms with Gasteiger partial charge in [-0.05, 0) is 36.4 Å². The zero-order valence-electron chi connectivity index (χ0n) is 10.9. The highest BCUT2D eigenvalue weighted by molar-refractivity contribution is 7.17. The van der Waals surface area contributed by atoms with Gasteiger partial charge in [-0.2, -0.15) is 0 Å². The number of aromatic amines is 1. The summed E-state index contributed by atoms with van der Waals surface area (Å²) in [6.45, 7) is 0. The first kappa shape index (κ1) is 12.2. The van der Waals surface area contributed by atoms with E-state index < -0.39 is 0 Å². The first-order valence-electron chi connectivity index (χ1n) is 6.46. The fourth-order valence-corrected chi connectivity index (χ4v) is 3.10. The van der Waals surface area contributed by atoms with Crippen LogP contribution >= 0.6 is 11.3 Å². The number of hydrogen-bond acceptors (Lipinski definition) is 3. The van der Waals surface area contributed by atoms with Crippen molar-refractivity contribution in [2.75, 3.05) is 0 Å². The molecule has 0 saturated heterocycles. The van der Waals surface area contributed by atoms with Crippen LogP contribution in [0.1, 0.15) is 0 Å². The Morgan fingerprint density at radius 2 is 1.71 bits per heavy atom. The topological polar surface area (TPSA) is 41.6 Å². The number of hydrogen-bond donors (Lipinski definition) is 1. The second kappa shape index (κ2) is 4.79. The zero-order valence-corrected chi connectivity index (χ0v) is 11.7. The lowest BCUT2D eigenvalue weighted by Gasteiger charge is -1.96. The number of H-pyrrole nitrogens is 1. The van der Waals surface area contributed by atoms with Gasteiger partial charge in [0.05, 0.1) is 0 Å². The van der Waals surface area contributed by atoms with Crippen molar-refractivity contribution in [3.8, 4) is 21.1 Å². The van der Waals surface area contributed by atoms with E-state index in [2.05, 4.69) is 21.2 Å². The van der Waals surface area contributed by atoms with Gasteiger partial charge in [0.15, 0.2) is 0 Å². The number of halogens is 1. The molecule has 0 unspecified atom stereocenters. The summed E-state index contributed by atoms with van der Waals surface area (Å²) in [4.78, 5) is 3.16. The van der Waals surface area contributed by atoms with Gasteiger partial charge in [0, 0.05) is 28.2 Å². The molecule has 0 aliphatic carbocycles. The molecule has 2 heterocycles. The number of rotatable bonds is 2. The Hall–Kier alpha value is -2.53. The van der Waals surface area contributed by atoms with Gasteiger partial charge in [-0.15, -0.1) is 10.2 Å². The van der Waals surface area contributed by atoms with Crippen LogP contribution in [0.2, 0.25) is 0 Å². The molecule has 2 aromatic heterocycles. The monoisotopic (exact) mass is 295 g/mol. The second-order valence-electron chi connectivity index (χ2n) is 4.70. The van der Waals surface area contributed by atoms with E-state index >= 15 is 0 Å². The van der Waals surface area contributed by atoms with E-state index in [1.165, 1.54) is 23.5 Å². The Balaban J connectivity index is 1.76. The summed E-state index contributed by atoms with van der Waals surface area (Å²) in [7, 11) is 0. The molecule has 0 aliphatic rings. The van der Waals surface area contributed by atoms with Crippen LogP contribution in [0.15, 0.2) is 54.7 Å². The molecule has 0 bridgehead atoms. The fourth-order valence-electron chi connectivity index (χ4n) is 2.26. The van der Waals surface area contributed by atoms with E-state index in [1.807, 2.05) is 30.5 Å². The van der Waals surface area contributed by atoms with Crippen molar-refractivity contribution in [1.29, 1.82) is 0 Å². The van der Waals surface area contributed by atoms with Crippen LogP contribution in [0.4, 0.5) is 4.39 Å². The number of fused-ring (bicyclic) bond motifs is 1. The summed E-state index contributed by atoms with van der Waals surface area (Å²) >= 11 is 1.46. The third kappa shape index (κ3) is 2.21. The number of nitrogens with one attached hydrogen (secondary N) is 1. The molecule has 0 spiro atoms. The van der Waals surface area contributed by atoms with E-state index in [0.29, 0.717) is 0 Å². The molecule has 0 aliphatic heterocycles. The lowest BCUT2D eigenvalue weighted by molar-refractivity contribution is 0.628. The molecule has 4 rings (SSSR count). The Kier molecular flexibility index (Phi) is 2.79. The Morgan fingerprint density at radius 1 is 0.905 bits per heavy atom. The number of aromatic nitrogens is 3. The molecule has 5 heteroatoms. The molecular formula is C16H10FN3S. The third-order valence-electron chi connectivity index (χ3n) is 3.30. The van der Waals surface area contributed by atoms with Crippen molar-refractivity contribution in [3.63, 3.8) is 0 Å². The van der Waals surface area contributed by atoms with Gasteiger partial charge in [-0.3, -0.25) is 0 Å². The lowest BCUT2D eigenvalue weighted by Crippen LogP contribution is -1.79. The number of nitrogens with zero attached hydrogens (tertiary/aromatic N) is 2. The van der Waals surface area contributed by atoms with Crippen molar-refractivity contribution in [3.05, 3.63) is 60.5 Å². The lowest BCUT2D eigenvalue weighted by atomic mass is 10.2. The predicted octanol–water partition coefficient (Wildman–Crippen LogP) is 4.49. The average Bonchev–Trinajstić information content (AvgIpc) is 3.15. The van der Waals surface area contributed by atoms with Crippen LogP contribution in [-0.4, -0.2) is 15.2 Å². The smallest absolute Gasteiger partial charge is 0.148 e. The van der Waals surface area contributed by atoms with Gasteiger partial charge in [0.1, 0.15) is 15.8 Å². The van der Waals surface area contributed by atoms with Crippen LogP contribution in [0.3, 0.4) is 0 Å². The van der Waals surface area contributed by atoms with Gasteiger partial charge < -0.3 is 4.98 Å². The van der Waals surface area contributed by atoms with Gasteiger partial charge in [-0.1, -0.05) is 23.5 Å².